The second kappa shape index (κ2) is 5.00. The molecule has 1 unspecified atom stereocenters. The molecule has 1 atom stereocenters. The van der Waals surface area contributed by atoms with Gasteiger partial charge in [-0.15, -0.1) is 0 Å². The van der Waals surface area contributed by atoms with E-state index in [1.165, 1.54) is 24.3 Å². The summed E-state index contributed by atoms with van der Waals surface area (Å²) in [7, 11) is 0. The minimum Gasteiger partial charge on any atom is -0.508 e. The summed E-state index contributed by atoms with van der Waals surface area (Å²) in [5, 5.41) is 9.00. The molecule has 4 heteroatoms. The third-order valence-corrected chi connectivity index (χ3v) is 1.81. The van der Waals surface area contributed by atoms with Crippen molar-refractivity contribution in [2.75, 3.05) is 6.61 Å². The van der Waals surface area contributed by atoms with E-state index in [0.717, 1.165) is 0 Å². The van der Waals surface area contributed by atoms with Gasteiger partial charge in [-0.25, -0.2) is 4.79 Å². The van der Waals surface area contributed by atoms with Crippen LogP contribution in [0.1, 0.15) is 17.3 Å². The lowest BCUT2D eigenvalue weighted by atomic mass is 10.2. The van der Waals surface area contributed by atoms with Crippen molar-refractivity contribution in [1.29, 1.82) is 0 Å². The van der Waals surface area contributed by atoms with Gasteiger partial charge in [-0.05, 0) is 31.2 Å². The Labute approximate surface area is 90.8 Å². The molecule has 0 spiro atoms. The fourth-order valence-corrected chi connectivity index (χ4v) is 1.00. The van der Waals surface area contributed by atoms with E-state index >= 15 is 0 Å². The lowest BCUT2D eigenvalue weighted by Gasteiger charge is -2.05. The average molecular weight is 259 g/mol. The van der Waals surface area contributed by atoms with Crippen molar-refractivity contribution >= 4 is 21.9 Å². The Bertz CT molecular complexity index is 306. The molecule has 0 aromatic heterocycles. The van der Waals surface area contributed by atoms with Gasteiger partial charge in [0.05, 0.1) is 5.56 Å². The molecule has 1 N–H and O–H groups in total. The number of rotatable bonds is 3. The summed E-state index contributed by atoms with van der Waals surface area (Å²) in [4.78, 5) is 11.5. The van der Waals surface area contributed by atoms with Gasteiger partial charge in [0.25, 0.3) is 0 Å². The minimum absolute atomic E-state index is 0.135. The molecule has 0 bridgehead atoms. The van der Waals surface area contributed by atoms with Crippen LogP contribution in [0.3, 0.4) is 0 Å². The van der Waals surface area contributed by atoms with Crippen LogP contribution in [0, 0.1) is 0 Å². The van der Waals surface area contributed by atoms with E-state index in [1.54, 1.807) is 0 Å². The number of ether oxygens (including phenoxy) is 1. The van der Waals surface area contributed by atoms with Crippen molar-refractivity contribution in [3.63, 3.8) is 0 Å². The molecule has 0 fully saturated rings. The van der Waals surface area contributed by atoms with E-state index in [9.17, 15) is 4.79 Å². The van der Waals surface area contributed by atoms with Gasteiger partial charge in [0, 0.05) is 4.83 Å². The Kier molecular flexibility index (Phi) is 3.95. The maximum absolute atomic E-state index is 11.3. The van der Waals surface area contributed by atoms with Crippen LogP contribution in [0.4, 0.5) is 0 Å². The third-order valence-electron chi connectivity index (χ3n) is 1.55. The first-order valence-electron chi connectivity index (χ1n) is 4.20. The molecule has 3 nitrogen and oxygen atoms in total. The Balaban J connectivity index is 2.57. The second-order valence-electron chi connectivity index (χ2n) is 2.93. The van der Waals surface area contributed by atoms with Crippen molar-refractivity contribution < 1.29 is 14.6 Å². The number of hydrogen-bond donors (Lipinski definition) is 1. The van der Waals surface area contributed by atoms with Crippen LogP contribution in [-0.2, 0) is 4.74 Å². The zero-order valence-electron chi connectivity index (χ0n) is 7.74. The molecule has 0 aliphatic rings. The van der Waals surface area contributed by atoms with Gasteiger partial charge in [-0.2, -0.15) is 0 Å². The highest BCUT2D eigenvalue weighted by atomic mass is 79.9. The minimum atomic E-state index is -0.378. The zero-order chi connectivity index (χ0) is 10.6. The molecular weight excluding hydrogens is 248 g/mol. The van der Waals surface area contributed by atoms with Crippen LogP contribution in [-0.4, -0.2) is 22.5 Å². The van der Waals surface area contributed by atoms with Crippen molar-refractivity contribution in [1.82, 2.24) is 0 Å². The summed E-state index contributed by atoms with van der Waals surface area (Å²) in [6, 6.07) is 5.95. The summed E-state index contributed by atoms with van der Waals surface area (Å²) in [6.45, 7) is 2.23. The summed E-state index contributed by atoms with van der Waals surface area (Å²) in [5.74, 6) is -0.244. The van der Waals surface area contributed by atoms with Crippen molar-refractivity contribution in [3.05, 3.63) is 29.8 Å². The number of carbonyl (C=O) groups is 1. The van der Waals surface area contributed by atoms with Gasteiger partial charge in [-0.3, -0.25) is 0 Å². The van der Waals surface area contributed by atoms with Crippen LogP contribution in [0.5, 0.6) is 5.75 Å². The highest BCUT2D eigenvalue weighted by Gasteiger charge is 2.07. The SMILES string of the molecule is CC(Br)COC(=O)c1ccc(O)cc1. The van der Waals surface area contributed by atoms with Crippen LogP contribution >= 0.6 is 15.9 Å². The Morgan fingerprint density at radius 2 is 2.07 bits per heavy atom. The lowest BCUT2D eigenvalue weighted by Crippen LogP contribution is -2.11. The topological polar surface area (TPSA) is 46.5 Å². The van der Waals surface area contributed by atoms with E-state index in [2.05, 4.69) is 15.9 Å². The predicted octanol–water partition coefficient (Wildman–Crippen LogP) is 2.33. The zero-order valence-corrected chi connectivity index (χ0v) is 9.32. The van der Waals surface area contributed by atoms with E-state index < -0.39 is 0 Å². The first-order valence-corrected chi connectivity index (χ1v) is 5.11. The highest BCUT2D eigenvalue weighted by Crippen LogP contribution is 2.11. The highest BCUT2D eigenvalue weighted by molar-refractivity contribution is 9.09. The Hall–Kier alpha value is -1.03. The molecule has 14 heavy (non-hydrogen) atoms. The largest absolute Gasteiger partial charge is 0.508 e. The van der Waals surface area contributed by atoms with Gasteiger partial charge in [0.1, 0.15) is 12.4 Å². The smallest absolute Gasteiger partial charge is 0.338 e. The van der Waals surface area contributed by atoms with Crippen molar-refractivity contribution in [3.8, 4) is 5.75 Å². The second-order valence-corrected chi connectivity index (χ2v) is 4.49. The van der Waals surface area contributed by atoms with Gasteiger partial charge >= 0.3 is 5.97 Å². The molecule has 1 aromatic rings. The van der Waals surface area contributed by atoms with Gasteiger partial charge in [0.2, 0.25) is 0 Å². The first-order chi connectivity index (χ1) is 6.59. The monoisotopic (exact) mass is 258 g/mol. The normalized spacial score (nSPS) is 12.1. The van der Waals surface area contributed by atoms with Gasteiger partial charge < -0.3 is 9.84 Å². The maximum Gasteiger partial charge on any atom is 0.338 e. The molecule has 0 saturated heterocycles. The number of hydrogen-bond acceptors (Lipinski definition) is 3. The third kappa shape index (κ3) is 3.38. The molecule has 0 aliphatic heterocycles. The van der Waals surface area contributed by atoms with Crippen LogP contribution in [0.15, 0.2) is 24.3 Å². The molecule has 0 amide bonds. The summed E-state index contributed by atoms with van der Waals surface area (Å²) < 4.78 is 4.96. The lowest BCUT2D eigenvalue weighted by molar-refractivity contribution is 0.0512. The number of phenols is 1. The number of phenolic OH excluding ortho intramolecular Hbond substituents is 1. The maximum atomic E-state index is 11.3. The predicted molar refractivity (Wildman–Crippen MR) is 56.8 cm³/mol. The molecule has 0 saturated carbocycles. The fourth-order valence-electron chi connectivity index (χ4n) is 0.871. The summed E-state index contributed by atoms with van der Waals surface area (Å²) in [6.07, 6.45) is 0. The van der Waals surface area contributed by atoms with Crippen molar-refractivity contribution in [2.45, 2.75) is 11.8 Å². The molecule has 1 aromatic carbocycles. The van der Waals surface area contributed by atoms with Crippen molar-refractivity contribution in [2.24, 2.45) is 0 Å². The number of benzene rings is 1. The molecule has 0 aliphatic carbocycles. The molecular formula is C10H11BrO3. The van der Waals surface area contributed by atoms with Crippen LogP contribution < -0.4 is 0 Å². The summed E-state index contributed by atoms with van der Waals surface area (Å²) in [5.41, 5.74) is 0.441. The number of esters is 1. The summed E-state index contributed by atoms with van der Waals surface area (Å²) >= 11 is 3.27. The molecule has 76 valence electrons. The molecule has 0 heterocycles. The average Bonchev–Trinajstić information content (AvgIpc) is 2.15. The van der Waals surface area contributed by atoms with E-state index in [4.69, 9.17) is 9.84 Å². The first kappa shape index (κ1) is 11.0. The standard InChI is InChI=1S/C10H11BrO3/c1-7(11)6-14-10(13)8-2-4-9(12)5-3-8/h2-5,7,12H,6H2,1H3. The Morgan fingerprint density at radius 1 is 1.50 bits per heavy atom. The fraction of sp³-hybridized carbons (Fsp3) is 0.300. The van der Waals surface area contributed by atoms with Crippen LogP contribution in [0.25, 0.3) is 0 Å². The number of carbonyl (C=O) groups excluding carboxylic acids is 1. The Morgan fingerprint density at radius 3 is 2.57 bits per heavy atom. The van der Waals surface area contributed by atoms with E-state index in [-0.39, 0.29) is 16.5 Å². The number of aromatic hydroxyl groups is 1. The van der Waals surface area contributed by atoms with Crippen LogP contribution in [0.2, 0.25) is 0 Å². The molecule has 1 rings (SSSR count). The number of halogens is 1. The number of alkyl halides is 1. The van der Waals surface area contributed by atoms with Gasteiger partial charge in [0.15, 0.2) is 0 Å². The van der Waals surface area contributed by atoms with E-state index in [0.29, 0.717) is 12.2 Å². The quantitative estimate of drug-likeness (QED) is 0.669. The van der Waals surface area contributed by atoms with Gasteiger partial charge in [-0.1, -0.05) is 15.9 Å². The molecule has 0 radical (unpaired) electrons. The van der Waals surface area contributed by atoms with E-state index in [1.807, 2.05) is 6.92 Å².